The molecule has 2 heterocycles. The number of amides is 2. The molecule has 0 unspecified atom stereocenters. The van der Waals surface area contributed by atoms with Crippen LogP contribution in [0.5, 0.6) is 5.88 Å². The predicted octanol–water partition coefficient (Wildman–Crippen LogP) is 3.59. The van der Waals surface area contributed by atoms with Gasteiger partial charge in [0.1, 0.15) is 11.9 Å². The Morgan fingerprint density at radius 2 is 1.79 bits per heavy atom. The minimum atomic E-state index is -1.05. The Bertz CT molecular complexity index is 1610. The third kappa shape index (κ3) is 8.54. The number of carbonyl (C=O) groups excluding carboxylic acids is 2. The summed E-state index contributed by atoms with van der Waals surface area (Å²) in [5, 5.41) is 14.0. The number of tetrazole rings is 1. The van der Waals surface area contributed by atoms with Gasteiger partial charge in [0, 0.05) is 53.5 Å². The van der Waals surface area contributed by atoms with Crippen LogP contribution in [0.3, 0.4) is 0 Å². The molecule has 0 aliphatic heterocycles. The van der Waals surface area contributed by atoms with Crippen molar-refractivity contribution in [3.8, 4) is 28.4 Å². The number of aromatic nitrogens is 5. The lowest BCUT2D eigenvalue weighted by atomic mass is 9.81. The fourth-order valence-electron chi connectivity index (χ4n) is 6.00. The molecule has 1 atom stereocenters. The first kappa shape index (κ1) is 33.6. The first-order valence-electron chi connectivity index (χ1n) is 15.9. The highest BCUT2D eigenvalue weighted by Gasteiger charge is 2.36. The van der Waals surface area contributed by atoms with E-state index in [0.717, 1.165) is 25.8 Å². The summed E-state index contributed by atoms with van der Waals surface area (Å²) < 4.78 is 21.2. The van der Waals surface area contributed by atoms with Crippen LogP contribution in [0.25, 0.3) is 22.5 Å². The van der Waals surface area contributed by atoms with Crippen LogP contribution in [-0.2, 0) is 16.0 Å². The summed E-state index contributed by atoms with van der Waals surface area (Å²) in [7, 11) is 4.01. The van der Waals surface area contributed by atoms with Crippen LogP contribution >= 0.6 is 0 Å². The van der Waals surface area contributed by atoms with Crippen LogP contribution in [-0.4, -0.2) is 82.2 Å². The molecule has 1 aliphatic rings. The second-order valence-electron chi connectivity index (χ2n) is 12.3. The van der Waals surface area contributed by atoms with Crippen molar-refractivity contribution >= 4 is 17.5 Å². The maximum Gasteiger partial charge on any atom is 0.240 e. The third-order valence-electron chi connectivity index (χ3n) is 8.67. The van der Waals surface area contributed by atoms with Crippen LogP contribution in [0, 0.1) is 17.7 Å². The molecular weight excluding hydrogens is 601 g/mol. The molecule has 4 aromatic rings. The number of ether oxygens (including phenoxy) is 1. The van der Waals surface area contributed by atoms with Crippen molar-refractivity contribution in [2.75, 3.05) is 38.7 Å². The van der Waals surface area contributed by atoms with E-state index in [1.807, 2.05) is 14.1 Å². The first-order valence-corrected chi connectivity index (χ1v) is 15.9. The standard InChI is InChI=1S/C34H42FN9O3/c1-43(2)16-3-17-47-31-15-11-26(21-38-31)28-14-6-23(18-29(28)35)19-30(32(37)45)44(34(46)25-7-4-22(20-36)5-8-25)27-12-9-24(10-13-27)33-39-41-42-40-33/h6,9-15,18,21-22,25,30H,3-5,7-8,16-17,19-20,36H2,1-2H3,(H2,37,45)(H,39,40,41,42)/t22?,25?,30-/m0/s1. The number of nitrogens with zero attached hydrogens (tertiary/aromatic N) is 6. The topological polar surface area (TPSA) is 169 Å². The lowest BCUT2D eigenvalue weighted by Gasteiger charge is -2.35. The molecule has 47 heavy (non-hydrogen) atoms. The SMILES string of the molecule is CN(C)CCCOc1ccc(-c2ccc(C[C@@H](C(N)=O)N(C(=O)C3CCC(CN)CC3)c3ccc(-c4nn[nH]n4)cc3)cc2F)cn1. The Labute approximate surface area is 273 Å². The number of H-pyrrole nitrogens is 1. The lowest BCUT2D eigenvalue weighted by molar-refractivity contribution is -0.127. The Balaban J connectivity index is 1.36. The molecule has 5 N–H and O–H groups in total. The number of aromatic amines is 1. The molecule has 0 spiro atoms. The lowest BCUT2D eigenvalue weighted by Crippen LogP contribution is -2.52. The predicted molar refractivity (Wildman–Crippen MR) is 177 cm³/mol. The van der Waals surface area contributed by atoms with E-state index in [1.165, 1.54) is 11.0 Å². The van der Waals surface area contributed by atoms with Crippen LogP contribution in [0.15, 0.2) is 60.8 Å². The number of halogens is 1. The van der Waals surface area contributed by atoms with Crippen molar-refractivity contribution in [3.05, 3.63) is 72.2 Å². The van der Waals surface area contributed by atoms with Gasteiger partial charge in [-0.3, -0.25) is 14.5 Å². The average molecular weight is 644 g/mol. The highest BCUT2D eigenvalue weighted by molar-refractivity contribution is 6.01. The molecule has 1 fully saturated rings. The quantitative estimate of drug-likeness (QED) is 0.174. The van der Waals surface area contributed by atoms with Crippen molar-refractivity contribution in [2.24, 2.45) is 23.3 Å². The van der Waals surface area contributed by atoms with E-state index in [0.29, 0.717) is 71.6 Å². The van der Waals surface area contributed by atoms with Gasteiger partial charge in [-0.1, -0.05) is 12.1 Å². The zero-order valence-corrected chi connectivity index (χ0v) is 26.8. The van der Waals surface area contributed by atoms with E-state index in [-0.39, 0.29) is 18.2 Å². The molecule has 5 rings (SSSR count). The normalized spacial score (nSPS) is 17.0. The molecule has 0 radical (unpaired) electrons. The fraction of sp³-hybridized carbons (Fsp3) is 0.412. The molecule has 12 nitrogen and oxygen atoms in total. The van der Waals surface area contributed by atoms with Gasteiger partial charge in [-0.25, -0.2) is 9.37 Å². The third-order valence-corrected chi connectivity index (χ3v) is 8.67. The van der Waals surface area contributed by atoms with Gasteiger partial charge in [-0.2, -0.15) is 5.21 Å². The van der Waals surface area contributed by atoms with Gasteiger partial charge in [0.2, 0.25) is 23.5 Å². The zero-order chi connectivity index (χ0) is 33.3. The second-order valence-corrected chi connectivity index (χ2v) is 12.3. The van der Waals surface area contributed by atoms with Crippen molar-refractivity contribution in [1.82, 2.24) is 30.5 Å². The van der Waals surface area contributed by atoms with Crippen LogP contribution < -0.4 is 21.1 Å². The maximum atomic E-state index is 15.5. The summed E-state index contributed by atoms with van der Waals surface area (Å²) in [6, 6.07) is 14.2. The van der Waals surface area contributed by atoms with E-state index in [1.54, 1.807) is 54.7 Å². The van der Waals surface area contributed by atoms with E-state index < -0.39 is 17.8 Å². The summed E-state index contributed by atoms with van der Waals surface area (Å²) in [4.78, 5) is 35.1. The van der Waals surface area contributed by atoms with Crippen molar-refractivity contribution in [2.45, 2.75) is 44.6 Å². The second kappa shape index (κ2) is 15.7. The smallest absolute Gasteiger partial charge is 0.240 e. The van der Waals surface area contributed by atoms with E-state index in [9.17, 15) is 9.59 Å². The van der Waals surface area contributed by atoms with Gasteiger partial charge in [-0.05, 0) is 106 Å². The number of hydrogen-bond acceptors (Lipinski definition) is 9. The monoisotopic (exact) mass is 643 g/mol. The molecule has 1 saturated carbocycles. The number of primary amides is 1. The number of nitrogens with two attached hydrogens (primary N) is 2. The van der Waals surface area contributed by atoms with Crippen LogP contribution in [0.1, 0.15) is 37.7 Å². The van der Waals surface area contributed by atoms with Gasteiger partial charge >= 0.3 is 0 Å². The number of rotatable bonds is 14. The van der Waals surface area contributed by atoms with Gasteiger partial charge in [0.15, 0.2) is 0 Å². The first-order chi connectivity index (χ1) is 22.7. The van der Waals surface area contributed by atoms with E-state index in [4.69, 9.17) is 16.2 Å². The summed E-state index contributed by atoms with van der Waals surface area (Å²) >= 11 is 0. The summed E-state index contributed by atoms with van der Waals surface area (Å²) in [6.45, 7) is 2.02. The van der Waals surface area contributed by atoms with Crippen LogP contribution in [0.2, 0.25) is 0 Å². The van der Waals surface area contributed by atoms with E-state index in [2.05, 4.69) is 30.5 Å². The van der Waals surface area contributed by atoms with Gasteiger partial charge in [0.05, 0.1) is 6.61 Å². The number of nitrogens with one attached hydrogen (secondary N) is 1. The number of anilines is 1. The molecule has 2 aromatic heterocycles. The van der Waals surface area contributed by atoms with E-state index >= 15 is 4.39 Å². The Morgan fingerprint density at radius 1 is 1.04 bits per heavy atom. The van der Waals surface area contributed by atoms with Crippen molar-refractivity contribution in [3.63, 3.8) is 0 Å². The van der Waals surface area contributed by atoms with Gasteiger partial charge in [0.25, 0.3) is 0 Å². The number of pyridine rings is 1. The van der Waals surface area contributed by atoms with Gasteiger partial charge in [-0.15, -0.1) is 10.2 Å². The minimum Gasteiger partial charge on any atom is -0.478 e. The minimum absolute atomic E-state index is 0.0288. The maximum absolute atomic E-state index is 15.5. The highest BCUT2D eigenvalue weighted by atomic mass is 19.1. The van der Waals surface area contributed by atoms with Crippen molar-refractivity contribution in [1.29, 1.82) is 0 Å². The molecule has 13 heteroatoms. The summed E-state index contributed by atoms with van der Waals surface area (Å²) in [5.74, 6) is -0.399. The largest absolute Gasteiger partial charge is 0.478 e. The highest BCUT2D eigenvalue weighted by Crippen LogP contribution is 2.33. The Kier molecular flexibility index (Phi) is 11.2. The molecule has 0 bridgehead atoms. The Hall–Kier alpha value is -4.75. The molecule has 2 amide bonds. The fourth-order valence-corrected chi connectivity index (χ4v) is 6.00. The molecular formula is C34H42FN9O3. The zero-order valence-electron chi connectivity index (χ0n) is 26.8. The summed E-state index contributed by atoms with van der Waals surface area (Å²) in [5.41, 5.74) is 14.5. The summed E-state index contributed by atoms with van der Waals surface area (Å²) in [6.07, 6.45) is 5.48. The molecule has 1 aliphatic carbocycles. The average Bonchev–Trinajstić information content (AvgIpc) is 3.62. The Morgan fingerprint density at radius 3 is 2.38 bits per heavy atom. The van der Waals surface area contributed by atoms with Gasteiger partial charge < -0.3 is 21.1 Å². The van der Waals surface area contributed by atoms with Crippen LogP contribution in [0.4, 0.5) is 10.1 Å². The number of carbonyl (C=O) groups is 2. The molecule has 2 aromatic carbocycles. The van der Waals surface area contributed by atoms with Crippen molar-refractivity contribution < 1.29 is 18.7 Å². The number of benzene rings is 2. The number of hydrogen-bond donors (Lipinski definition) is 3. The molecule has 248 valence electrons. The molecule has 0 saturated heterocycles.